The molecule has 3 N–H and O–H groups in total. The summed E-state index contributed by atoms with van der Waals surface area (Å²) in [5.74, 6) is 0.607. The Balaban J connectivity index is 1.12. The van der Waals surface area contributed by atoms with Crippen molar-refractivity contribution >= 4 is 40.1 Å². The second kappa shape index (κ2) is 12.9. The Morgan fingerprint density at radius 3 is 2.60 bits per heavy atom. The molecule has 2 aromatic carbocycles. The predicted octanol–water partition coefficient (Wildman–Crippen LogP) is 5.40. The molecular weight excluding hydrogens is 637 g/mol. The number of β-amino-alcohol motifs (C(OH)–C–C–N with tert-alkyl or cyclic N) is 1. The molecule has 12 heteroatoms. The van der Waals surface area contributed by atoms with Crippen molar-refractivity contribution in [3.8, 4) is 34.0 Å². The van der Waals surface area contributed by atoms with E-state index in [-0.39, 0.29) is 11.9 Å². The first-order chi connectivity index (χ1) is 22.7. The van der Waals surface area contributed by atoms with Crippen LogP contribution in [-0.2, 0) is 17.9 Å². The number of amides is 1. The van der Waals surface area contributed by atoms with Gasteiger partial charge in [-0.15, -0.1) is 5.10 Å². The van der Waals surface area contributed by atoms with Gasteiger partial charge in [0.25, 0.3) is 0 Å². The van der Waals surface area contributed by atoms with Crippen LogP contribution in [0, 0.1) is 0 Å². The van der Waals surface area contributed by atoms with Crippen LogP contribution < -0.4 is 15.4 Å². The lowest BCUT2D eigenvalue weighted by Gasteiger charge is -2.44. The zero-order valence-electron chi connectivity index (χ0n) is 26.1. The van der Waals surface area contributed by atoms with Crippen molar-refractivity contribution in [2.45, 2.75) is 44.5 Å². The first-order valence-electron chi connectivity index (χ1n) is 15.6. The molecule has 0 saturated carbocycles. The van der Waals surface area contributed by atoms with Crippen molar-refractivity contribution in [2.75, 3.05) is 26.7 Å². The number of carbonyl (C=O) groups is 1. The summed E-state index contributed by atoms with van der Waals surface area (Å²) in [5.41, 5.74) is 5.64. The Morgan fingerprint density at radius 2 is 1.85 bits per heavy atom. The van der Waals surface area contributed by atoms with E-state index in [9.17, 15) is 9.90 Å². The van der Waals surface area contributed by atoms with Crippen LogP contribution in [0.5, 0.6) is 5.88 Å². The molecule has 10 nitrogen and oxygen atoms in total. The number of benzene rings is 2. The van der Waals surface area contributed by atoms with Gasteiger partial charge in [0.2, 0.25) is 11.8 Å². The van der Waals surface area contributed by atoms with Gasteiger partial charge in [0.05, 0.1) is 34.1 Å². The molecule has 0 unspecified atom stereocenters. The molecule has 5 aromatic rings. The smallest absolute Gasteiger partial charge is 0.220 e. The third-order valence-electron chi connectivity index (χ3n) is 8.66. The van der Waals surface area contributed by atoms with E-state index in [1.54, 1.807) is 11.8 Å². The van der Waals surface area contributed by atoms with E-state index >= 15 is 0 Å². The molecule has 1 amide bonds. The number of nitrogens with one attached hydrogen (secondary N) is 2. The zero-order valence-corrected chi connectivity index (χ0v) is 27.6. The largest absolute Gasteiger partial charge is 0.481 e. The topological polar surface area (TPSA) is 117 Å². The Morgan fingerprint density at radius 1 is 1.09 bits per heavy atom. The number of methoxy groups -OCH3 is 1. The number of rotatable bonds is 10. The maximum Gasteiger partial charge on any atom is 0.220 e. The first kappa shape index (κ1) is 31.5. The van der Waals surface area contributed by atoms with Gasteiger partial charge in [0.1, 0.15) is 0 Å². The summed E-state index contributed by atoms with van der Waals surface area (Å²) in [4.78, 5) is 23.0. The number of pyridine rings is 2. The van der Waals surface area contributed by atoms with Crippen LogP contribution in [0.4, 0.5) is 0 Å². The molecule has 47 heavy (non-hydrogen) atoms. The normalized spacial score (nSPS) is 17.6. The van der Waals surface area contributed by atoms with Crippen LogP contribution in [0.2, 0.25) is 10.0 Å². The molecule has 2 aliphatic heterocycles. The number of aliphatic hydroxyl groups is 1. The zero-order chi connectivity index (χ0) is 32.7. The Kier molecular flexibility index (Phi) is 8.63. The fourth-order valence-corrected chi connectivity index (χ4v) is 7.08. The van der Waals surface area contributed by atoms with E-state index < -0.39 is 5.60 Å². The van der Waals surface area contributed by atoms with E-state index in [4.69, 9.17) is 38.0 Å². The van der Waals surface area contributed by atoms with Gasteiger partial charge in [-0.25, -0.2) is 14.6 Å². The molecule has 0 radical (unpaired) electrons. The summed E-state index contributed by atoms with van der Waals surface area (Å²) in [6, 6.07) is 17.7. The molecule has 1 atom stereocenters. The molecule has 0 aliphatic carbocycles. The van der Waals surface area contributed by atoms with Crippen LogP contribution in [0.1, 0.15) is 30.9 Å². The van der Waals surface area contributed by atoms with Crippen LogP contribution in [0.25, 0.3) is 39.1 Å². The molecule has 0 bridgehead atoms. The number of likely N-dealkylation sites (tertiary alicyclic amines) is 1. The summed E-state index contributed by atoms with van der Waals surface area (Å²) in [7, 11) is 1.60. The number of nitrogens with zero attached hydrogens (tertiary/aromatic N) is 5. The highest BCUT2D eigenvalue weighted by Gasteiger charge is 2.36. The van der Waals surface area contributed by atoms with E-state index in [0.29, 0.717) is 65.6 Å². The lowest BCUT2D eigenvalue weighted by molar-refractivity contribution is -0.119. The van der Waals surface area contributed by atoms with Gasteiger partial charge >= 0.3 is 0 Å². The fraction of sp³-hybridized carbons (Fsp3) is 0.314. The quantitative estimate of drug-likeness (QED) is 0.181. The van der Waals surface area contributed by atoms with Gasteiger partial charge in [-0.1, -0.05) is 59.6 Å². The minimum Gasteiger partial charge on any atom is -0.481 e. The summed E-state index contributed by atoms with van der Waals surface area (Å²) in [6.45, 7) is 5.10. The highest BCUT2D eigenvalue weighted by Crippen LogP contribution is 2.41. The monoisotopic (exact) mass is 671 g/mol. The number of fused-ring (bicyclic) bond motifs is 1. The van der Waals surface area contributed by atoms with Crippen molar-refractivity contribution in [3.05, 3.63) is 88.2 Å². The highest BCUT2D eigenvalue weighted by atomic mass is 35.5. The maximum atomic E-state index is 11.5. The number of ether oxygens (including phenoxy) is 1. The molecule has 242 valence electrons. The molecule has 7 rings (SSSR count). The van der Waals surface area contributed by atoms with Crippen molar-refractivity contribution in [1.29, 1.82) is 0 Å². The number of hydrogen-bond donors (Lipinski definition) is 3. The van der Waals surface area contributed by atoms with Crippen LogP contribution >= 0.6 is 23.2 Å². The summed E-state index contributed by atoms with van der Waals surface area (Å²) in [5, 5.41) is 23.1. The number of aromatic nitrogens is 4. The van der Waals surface area contributed by atoms with Gasteiger partial charge in [-0.05, 0) is 37.1 Å². The Hall–Kier alpha value is -4.06. The molecule has 0 spiro atoms. The van der Waals surface area contributed by atoms with E-state index in [2.05, 4.69) is 26.6 Å². The fourth-order valence-electron chi connectivity index (χ4n) is 6.44. The third-order valence-corrected chi connectivity index (χ3v) is 9.47. The minimum absolute atomic E-state index is 0.101. The molecule has 5 heterocycles. The van der Waals surface area contributed by atoms with E-state index in [0.717, 1.165) is 46.2 Å². The maximum absolute atomic E-state index is 11.5. The van der Waals surface area contributed by atoms with E-state index in [1.165, 1.54) is 0 Å². The van der Waals surface area contributed by atoms with Gasteiger partial charge < -0.3 is 20.5 Å². The number of halogens is 2. The first-order valence-corrected chi connectivity index (χ1v) is 16.3. The van der Waals surface area contributed by atoms with Crippen molar-refractivity contribution < 1.29 is 14.6 Å². The second-order valence-electron chi connectivity index (χ2n) is 12.6. The summed E-state index contributed by atoms with van der Waals surface area (Å²) < 4.78 is 7.39. The predicted molar refractivity (Wildman–Crippen MR) is 183 cm³/mol. The van der Waals surface area contributed by atoms with Gasteiger partial charge in [-0.2, -0.15) is 0 Å². The molecule has 2 saturated heterocycles. The van der Waals surface area contributed by atoms with E-state index in [1.807, 2.05) is 67.8 Å². The van der Waals surface area contributed by atoms with Gasteiger partial charge in [-0.3, -0.25) is 9.69 Å². The van der Waals surface area contributed by atoms with Crippen LogP contribution in [0.15, 0.2) is 67.0 Å². The van der Waals surface area contributed by atoms with Crippen LogP contribution in [0.3, 0.4) is 0 Å². The van der Waals surface area contributed by atoms with Crippen molar-refractivity contribution in [1.82, 2.24) is 35.3 Å². The molecular formula is C35H35Cl2N7O3. The van der Waals surface area contributed by atoms with Crippen molar-refractivity contribution in [3.63, 3.8) is 0 Å². The molecule has 2 fully saturated rings. The summed E-state index contributed by atoms with van der Waals surface area (Å²) in [6.07, 6.45) is 5.17. The van der Waals surface area contributed by atoms with Gasteiger partial charge in [0, 0.05) is 85.2 Å². The lowest BCUT2D eigenvalue weighted by atomic mass is 9.96. The third kappa shape index (κ3) is 6.57. The van der Waals surface area contributed by atoms with Gasteiger partial charge in [0.15, 0.2) is 5.65 Å². The lowest BCUT2D eigenvalue weighted by Crippen LogP contribution is -2.59. The second-order valence-corrected chi connectivity index (χ2v) is 13.3. The van der Waals surface area contributed by atoms with Crippen LogP contribution in [-0.4, -0.2) is 74.0 Å². The number of hydrogen-bond acceptors (Lipinski definition) is 8. The molecule has 3 aromatic heterocycles. The standard InChI is InChI=1S/C35H35Cl2N7O3/c1-35(46)19-43(20-35)17-21-13-23-18-44(42-33(23)39-14-21)29-8-4-6-26(32(29)37)25-5-3-7-27(31(25)36)28-11-9-22(34(41-28)47-2)15-38-16-24-10-12-30(45)40-24/h3-9,11,13-14,18,24,38,46H,10,12,15-17,19-20H2,1-2H3,(H,40,45)/t24-/m0/s1. The van der Waals surface area contributed by atoms with Crippen molar-refractivity contribution in [2.24, 2.45) is 0 Å². The molecule has 2 aliphatic rings. The SMILES string of the molecule is COc1nc(-c2cccc(-c3cccc(-n4cc5cc(CN6CC(C)(O)C6)cnc5n4)c3Cl)c2Cl)ccc1CNC[C@@H]1CCC(=O)N1. The Bertz CT molecular complexity index is 1970. The number of carbonyl (C=O) groups excluding carboxylic acids is 1. The minimum atomic E-state index is -0.616. The Labute approximate surface area is 282 Å². The average Bonchev–Trinajstić information content (AvgIpc) is 3.66. The average molecular weight is 673 g/mol. The highest BCUT2D eigenvalue weighted by molar-refractivity contribution is 6.39. The summed E-state index contributed by atoms with van der Waals surface area (Å²) >= 11 is 14.1.